The van der Waals surface area contributed by atoms with Gasteiger partial charge in [-0.05, 0) is 30.5 Å². The molecule has 0 radical (unpaired) electrons. The number of aliphatic hydroxyl groups is 1. The lowest BCUT2D eigenvalue weighted by atomic mass is 9.91. The molecule has 6 heteroatoms. The van der Waals surface area contributed by atoms with Gasteiger partial charge < -0.3 is 14.7 Å². The average Bonchev–Trinajstić information content (AvgIpc) is 2.79. The molecule has 23 heavy (non-hydrogen) atoms. The summed E-state index contributed by atoms with van der Waals surface area (Å²) in [7, 11) is 0. The second-order valence-corrected chi connectivity index (χ2v) is 6.61. The van der Waals surface area contributed by atoms with Crippen LogP contribution in [0.1, 0.15) is 44.1 Å². The number of benzene rings is 1. The molecule has 0 aromatic heterocycles. The highest BCUT2D eigenvalue weighted by molar-refractivity contribution is 5.65. The van der Waals surface area contributed by atoms with Gasteiger partial charge in [-0.15, -0.1) is 0 Å². The van der Waals surface area contributed by atoms with Crippen LogP contribution >= 0.6 is 0 Å². The SMILES string of the molecule is O=[N+]([O-])c1ccc(CO)cc1N1CCOC2(CCCCCC2)C1. The Morgan fingerprint density at radius 2 is 2.00 bits per heavy atom. The van der Waals surface area contributed by atoms with Crippen LogP contribution in [0.3, 0.4) is 0 Å². The molecule has 1 saturated heterocycles. The van der Waals surface area contributed by atoms with Gasteiger partial charge in [-0.3, -0.25) is 10.1 Å². The number of aliphatic hydroxyl groups excluding tert-OH is 1. The first-order valence-corrected chi connectivity index (χ1v) is 8.41. The van der Waals surface area contributed by atoms with Crippen molar-refractivity contribution in [2.45, 2.75) is 50.7 Å². The Morgan fingerprint density at radius 3 is 2.65 bits per heavy atom. The van der Waals surface area contributed by atoms with Gasteiger partial charge in [-0.2, -0.15) is 0 Å². The van der Waals surface area contributed by atoms with E-state index in [9.17, 15) is 15.2 Å². The zero-order valence-electron chi connectivity index (χ0n) is 13.4. The van der Waals surface area contributed by atoms with E-state index in [0.717, 1.165) is 25.7 Å². The number of ether oxygens (including phenoxy) is 1. The molecule has 1 saturated carbocycles. The normalized spacial score (nSPS) is 21.2. The van der Waals surface area contributed by atoms with Crippen molar-refractivity contribution < 1.29 is 14.8 Å². The summed E-state index contributed by atoms with van der Waals surface area (Å²) in [6.07, 6.45) is 6.85. The van der Waals surface area contributed by atoms with Crippen molar-refractivity contribution in [3.05, 3.63) is 33.9 Å². The van der Waals surface area contributed by atoms with Crippen LogP contribution in [0.15, 0.2) is 18.2 Å². The van der Waals surface area contributed by atoms with Gasteiger partial charge in [0.15, 0.2) is 0 Å². The van der Waals surface area contributed by atoms with E-state index in [0.29, 0.717) is 30.9 Å². The fraction of sp³-hybridized carbons (Fsp3) is 0.647. The van der Waals surface area contributed by atoms with Gasteiger partial charge in [0.1, 0.15) is 5.69 Å². The number of nitrogens with zero attached hydrogens (tertiary/aromatic N) is 2. The molecule has 0 amide bonds. The molecule has 1 heterocycles. The smallest absolute Gasteiger partial charge is 0.292 e. The molecule has 3 rings (SSSR count). The number of nitro groups is 1. The third-order valence-electron chi connectivity index (χ3n) is 5.02. The van der Waals surface area contributed by atoms with Crippen molar-refractivity contribution >= 4 is 11.4 Å². The fourth-order valence-corrected chi connectivity index (χ4v) is 3.80. The first-order valence-electron chi connectivity index (χ1n) is 8.41. The van der Waals surface area contributed by atoms with Gasteiger partial charge in [-0.1, -0.05) is 25.7 Å². The Hall–Kier alpha value is -1.66. The van der Waals surface area contributed by atoms with Crippen molar-refractivity contribution in [2.24, 2.45) is 0 Å². The van der Waals surface area contributed by atoms with Crippen LogP contribution in [-0.2, 0) is 11.3 Å². The van der Waals surface area contributed by atoms with Gasteiger partial charge >= 0.3 is 0 Å². The van der Waals surface area contributed by atoms with E-state index in [-0.39, 0.29) is 22.8 Å². The molecule has 1 spiro atoms. The standard InChI is InChI=1S/C17H24N2O4/c20-12-14-5-6-15(19(21)22)16(11-14)18-9-10-23-17(13-18)7-3-1-2-4-8-17/h5-6,11,20H,1-4,7-10,12-13H2. The van der Waals surface area contributed by atoms with E-state index in [1.165, 1.54) is 18.9 Å². The zero-order chi connectivity index (χ0) is 16.3. The maximum atomic E-state index is 11.4. The van der Waals surface area contributed by atoms with E-state index in [1.54, 1.807) is 12.1 Å². The highest BCUT2D eigenvalue weighted by Crippen LogP contribution is 2.37. The summed E-state index contributed by atoms with van der Waals surface area (Å²) in [6, 6.07) is 4.85. The van der Waals surface area contributed by atoms with Gasteiger partial charge in [0.05, 0.1) is 23.7 Å². The average molecular weight is 320 g/mol. The lowest BCUT2D eigenvalue weighted by Gasteiger charge is -2.43. The van der Waals surface area contributed by atoms with Crippen LogP contribution in [0, 0.1) is 10.1 Å². The lowest BCUT2D eigenvalue weighted by Crippen LogP contribution is -2.52. The quantitative estimate of drug-likeness (QED) is 0.684. The van der Waals surface area contributed by atoms with Crippen LogP contribution < -0.4 is 4.90 Å². The van der Waals surface area contributed by atoms with E-state index >= 15 is 0 Å². The molecule has 1 N–H and O–H groups in total. The van der Waals surface area contributed by atoms with Crippen molar-refractivity contribution in [1.29, 1.82) is 0 Å². The third kappa shape index (κ3) is 3.48. The van der Waals surface area contributed by atoms with Crippen LogP contribution in [-0.4, -0.2) is 35.3 Å². The molecule has 1 aliphatic carbocycles. The molecule has 1 aromatic rings. The van der Waals surface area contributed by atoms with E-state index < -0.39 is 0 Å². The number of hydrogen-bond donors (Lipinski definition) is 1. The predicted molar refractivity (Wildman–Crippen MR) is 87.6 cm³/mol. The Morgan fingerprint density at radius 1 is 1.26 bits per heavy atom. The molecule has 0 bridgehead atoms. The molecular weight excluding hydrogens is 296 g/mol. The summed E-state index contributed by atoms with van der Waals surface area (Å²) in [6.45, 7) is 1.83. The van der Waals surface area contributed by atoms with Crippen molar-refractivity contribution in [3.8, 4) is 0 Å². The van der Waals surface area contributed by atoms with Crippen molar-refractivity contribution in [1.82, 2.24) is 0 Å². The molecule has 2 fully saturated rings. The highest BCUT2D eigenvalue weighted by Gasteiger charge is 2.38. The van der Waals surface area contributed by atoms with E-state index in [4.69, 9.17) is 4.74 Å². The molecule has 0 atom stereocenters. The first kappa shape index (κ1) is 16.2. The molecule has 1 aliphatic heterocycles. The Balaban J connectivity index is 1.89. The summed E-state index contributed by atoms with van der Waals surface area (Å²) >= 11 is 0. The third-order valence-corrected chi connectivity index (χ3v) is 5.02. The van der Waals surface area contributed by atoms with Crippen LogP contribution in [0.25, 0.3) is 0 Å². The van der Waals surface area contributed by atoms with Gasteiger partial charge in [-0.25, -0.2) is 0 Å². The predicted octanol–water partition coefficient (Wildman–Crippen LogP) is 3.02. The second-order valence-electron chi connectivity index (χ2n) is 6.61. The monoisotopic (exact) mass is 320 g/mol. The van der Waals surface area contributed by atoms with Gasteiger partial charge in [0, 0.05) is 19.2 Å². The van der Waals surface area contributed by atoms with Crippen molar-refractivity contribution in [3.63, 3.8) is 0 Å². The van der Waals surface area contributed by atoms with Gasteiger partial charge in [0.25, 0.3) is 5.69 Å². The number of morpholine rings is 1. The molecular formula is C17H24N2O4. The number of anilines is 1. The zero-order valence-corrected chi connectivity index (χ0v) is 13.4. The number of nitro benzene ring substituents is 1. The van der Waals surface area contributed by atoms with Crippen LogP contribution in [0.4, 0.5) is 11.4 Å². The lowest BCUT2D eigenvalue weighted by molar-refractivity contribution is -0.384. The number of rotatable bonds is 3. The second kappa shape index (κ2) is 6.84. The maximum Gasteiger partial charge on any atom is 0.292 e. The van der Waals surface area contributed by atoms with Gasteiger partial charge in [0.2, 0.25) is 0 Å². The van der Waals surface area contributed by atoms with E-state index in [2.05, 4.69) is 4.90 Å². The minimum Gasteiger partial charge on any atom is -0.392 e. The van der Waals surface area contributed by atoms with Crippen molar-refractivity contribution in [2.75, 3.05) is 24.6 Å². The topological polar surface area (TPSA) is 75.8 Å². The number of hydrogen-bond acceptors (Lipinski definition) is 5. The largest absolute Gasteiger partial charge is 0.392 e. The summed E-state index contributed by atoms with van der Waals surface area (Å²) in [5.41, 5.74) is 1.24. The molecule has 1 aromatic carbocycles. The summed E-state index contributed by atoms with van der Waals surface area (Å²) < 4.78 is 6.13. The summed E-state index contributed by atoms with van der Waals surface area (Å²) in [4.78, 5) is 13.1. The fourth-order valence-electron chi connectivity index (χ4n) is 3.80. The highest BCUT2D eigenvalue weighted by atomic mass is 16.6. The molecule has 126 valence electrons. The Bertz CT molecular complexity index is 568. The van der Waals surface area contributed by atoms with E-state index in [1.807, 2.05) is 0 Å². The molecule has 2 aliphatic rings. The summed E-state index contributed by atoms with van der Waals surface area (Å²) in [5, 5.41) is 20.7. The van der Waals surface area contributed by atoms with Crippen LogP contribution in [0.2, 0.25) is 0 Å². The van der Waals surface area contributed by atoms with Crippen LogP contribution in [0.5, 0.6) is 0 Å². The Labute approximate surface area is 136 Å². The maximum absolute atomic E-state index is 11.4. The summed E-state index contributed by atoms with van der Waals surface area (Å²) in [5.74, 6) is 0. The molecule has 6 nitrogen and oxygen atoms in total. The Kier molecular flexibility index (Phi) is 4.82. The first-order chi connectivity index (χ1) is 11.1. The minimum atomic E-state index is -0.342. The minimum absolute atomic E-state index is 0.105. The molecule has 0 unspecified atom stereocenters.